The van der Waals surface area contributed by atoms with E-state index in [1.54, 1.807) is 23.9 Å². The molecule has 1 aromatic carbocycles. The molecule has 0 unspecified atom stereocenters. The molecular weight excluding hydrogens is 268 g/mol. The molecule has 4 rings (SSSR count). The fourth-order valence-electron chi connectivity index (χ4n) is 2.27. The van der Waals surface area contributed by atoms with E-state index in [1.165, 1.54) is 0 Å². The lowest BCUT2D eigenvalue weighted by atomic mass is 10.0. The van der Waals surface area contributed by atoms with Gasteiger partial charge in [-0.1, -0.05) is 18.2 Å². The predicted molar refractivity (Wildman–Crippen MR) is 80.4 cm³/mol. The number of aromatic amines is 1. The van der Waals surface area contributed by atoms with Crippen molar-refractivity contribution in [3.8, 4) is 22.5 Å². The van der Waals surface area contributed by atoms with Crippen molar-refractivity contribution >= 4 is 21.6 Å². The van der Waals surface area contributed by atoms with Crippen LogP contribution in [0.25, 0.3) is 32.7 Å². The summed E-state index contributed by atoms with van der Waals surface area (Å²) < 4.78 is 0. The highest BCUT2D eigenvalue weighted by molar-refractivity contribution is 7.16. The van der Waals surface area contributed by atoms with Crippen LogP contribution in [0.3, 0.4) is 0 Å². The Morgan fingerprint density at radius 3 is 2.85 bits per heavy atom. The second kappa shape index (κ2) is 4.54. The van der Waals surface area contributed by atoms with Crippen LogP contribution in [0.5, 0.6) is 0 Å². The Kier molecular flexibility index (Phi) is 2.57. The summed E-state index contributed by atoms with van der Waals surface area (Å²) in [6.07, 6.45) is 3.38. The molecule has 0 bridgehead atoms. The van der Waals surface area contributed by atoms with Gasteiger partial charge in [0, 0.05) is 22.7 Å². The number of hydrogen-bond acceptors (Lipinski definition) is 4. The molecule has 0 fully saturated rings. The molecule has 5 heteroatoms. The minimum absolute atomic E-state index is 0.970. The molecule has 0 radical (unpaired) electrons. The van der Waals surface area contributed by atoms with Crippen LogP contribution in [-0.4, -0.2) is 20.2 Å². The molecule has 0 atom stereocenters. The molecular formula is C15H10N4S. The molecule has 3 heterocycles. The lowest BCUT2D eigenvalue weighted by Gasteiger charge is -2.04. The molecule has 0 saturated heterocycles. The molecule has 0 spiro atoms. The van der Waals surface area contributed by atoms with Gasteiger partial charge in [0.25, 0.3) is 0 Å². The standard InChI is InChI=1S/C15H10N4S/c1-2-10(13-4-6-18-19-13)8-11(3-1)14-12-5-7-20-15(12)17-9-16-14/h1-9H,(H,18,19). The third-order valence-corrected chi connectivity index (χ3v) is 4.03. The van der Waals surface area contributed by atoms with Gasteiger partial charge in [-0.2, -0.15) is 5.10 Å². The van der Waals surface area contributed by atoms with Gasteiger partial charge in [-0.3, -0.25) is 5.10 Å². The first-order valence-electron chi connectivity index (χ1n) is 6.20. The van der Waals surface area contributed by atoms with Crippen LogP contribution in [-0.2, 0) is 0 Å². The molecule has 4 aromatic rings. The van der Waals surface area contributed by atoms with Crippen LogP contribution in [0.4, 0.5) is 0 Å². The average Bonchev–Trinajstić information content (AvgIpc) is 3.18. The Balaban J connectivity index is 1.91. The van der Waals surface area contributed by atoms with Crippen LogP contribution < -0.4 is 0 Å². The summed E-state index contributed by atoms with van der Waals surface area (Å²) in [5, 5.41) is 10.1. The van der Waals surface area contributed by atoms with E-state index >= 15 is 0 Å². The topological polar surface area (TPSA) is 54.5 Å². The van der Waals surface area contributed by atoms with E-state index in [1.807, 2.05) is 17.5 Å². The van der Waals surface area contributed by atoms with Crippen LogP contribution in [0.15, 0.2) is 54.3 Å². The van der Waals surface area contributed by atoms with Crippen molar-refractivity contribution in [1.82, 2.24) is 20.2 Å². The zero-order valence-electron chi connectivity index (χ0n) is 10.4. The molecule has 1 N–H and O–H groups in total. The van der Waals surface area contributed by atoms with Gasteiger partial charge < -0.3 is 0 Å². The van der Waals surface area contributed by atoms with E-state index < -0.39 is 0 Å². The summed E-state index contributed by atoms with van der Waals surface area (Å²) in [6.45, 7) is 0. The van der Waals surface area contributed by atoms with Crippen molar-refractivity contribution in [3.05, 3.63) is 54.3 Å². The summed E-state index contributed by atoms with van der Waals surface area (Å²) in [4.78, 5) is 9.75. The lowest BCUT2D eigenvalue weighted by Crippen LogP contribution is -1.87. The zero-order chi connectivity index (χ0) is 13.4. The van der Waals surface area contributed by atoms with Gasteiger partial charge in [0.2, 0.25) is 0 Å². The second-order valence-corrected chi connectivity index (χ2v) is 5.31. The highest BCUT2D eigenvalue weighted by Crippen LogP contribution is 2.30. The van der Waals surface area contributed by atoms with Crippen LogP contribution in [0.1, 0.15) is 0 Å². The monoisotopic (exact) mass is 278 g/mol. The van der Waals surface area contributed by atoms with Gasteiger partial charge in [-0.05, 0) is 23.6 Å². The Labute approximate surface area is 119 Å². The summed E-state index contributed by atoms with van der Waals surface area (Å²) in [5.41, 5.74) is 4.16. The number of hydrogen-bond donors (Lipinski definition) is 1. The van der Waals surface area contributed by atoms with Crippen molar-refractivity contribution in [2.24, 2.45) is 0 Å². The molecule has 0 aliphatic rings. The summed E-state index contributed by atoms with van der Waals surface area (Å²) in [5.74, 6) is 0. The molecule has 3 aromatic heterocycles. The maximum Gasteiger partial charge on any atom is 0.127 e. The first-order valence-corrected chi connectivity index (χ1v) is 7.08. The SMILES string of the molecule is c1cc(-c2ccn[nH]2)cc(-c2ncnc3sccc23)c1. The van der Waals surface area contributed by atoms with Gasteiger partial charge in [-0.25, -0.2) is 9.97 Å². The van der Waals surface area contributed by atoms with E-state index in [0.29, 0.717) is 0 Å². The number of H-pyrrole nitrogens is 1. The smallest absolute Gasteiger partial charge is 0.127 e. The van der Waals surface area contributed by atoms with Gasteiger partial charge >= 0.3 is 0 Å². The fraction of sp³-hybridized carbons (Fsp3) is 0. The van der Waals surface area contributed by atoms with Gasteiger partial charge in [0.05, 0.1) is 11.4 Å². The number of nitrogens with zero attached hydrogens (tertiary/aromatic N) is 3. The summed E-state index contributed by atoms with van der Waals surface area (Å²) >= 11 is 1.63. The number of benzene rings is 1. The Morgan fingerprint density at radius 2 is 1.95 bits per heavy atom. The molecule has 0 amide bonds. The minimum atomic E-state index is 0.970. The maximum atomic E-state index is 4.44. The molecule has 4 nitrogen and oxygen atoms in total. The van der Waals surface area contributed by atoms with E-state index in [0.717, 1.165) is 32.7 Å². The quantitative estimate of drug-likeness (QED) is 0.607. The van der Waals surface area contributed by atoms with E-state index in [2.05, 4.69) is 44.4 Å². The van der Waals surface area contributed by atoms with Crippen molar-refractivity contribution < 1.29 is 0 Å². The third-order valence-electron chi connectivity index (χ3n) is 3.21. The van der Waals surface area contributed by atoms with Crippen molar-refractivity contribution in [2.75, 3.05) is 0 Å². The van der Waals surface area contributed by atoms with Gasteiger partial charge in [-0.15, -0.1) is 11.3 Å². The Hall–Kier alpha value is -2.53. The lowest BCUT2D eigenvalue weighted by molar-refractivity contribution is 1.10. The molecule has 96 valence electrons. The van der Waals surface area contributed by atoms with Crippen molar-refractivity contribution in [1.29, 1.82) is 0 Å². The molecule has 0 aliphatic heterocycles. The molecule has 20 heavy (non-hydrogen) atoms. The number of aromatic nitrogens is 4. The summed E-state index contributed by atoms with van der Waals surface area (Å²) in [7, 11) is 0. The third kappa shape index (κ3) is 1.80. The first kappa shape index (κ1) is 11.3. The van der Waals surface area contributed by atoms with E-state index in [-0.39, 0.29) is 0 Å². The average molecular weight is 278 g/mol. The van der Waals surface area contributed by atoms with Gasteiger partial charge in [0.1, 0.15) is 11.2 Å². The minimum Gasteiger partial charge on any atom is -0.278 e. The fourth-order valence-corrected chi connectivity index (χ4v) is 3.00. The Morgan fingerprint density at radius 1 is 1.00 bits per heavy atom. The first-order chi connectivity index (χ1) is 9.92. The molecule has 0 saturated carbocycles. The normalized spacial score (nSPS) is 11.0. The highest BCUT2D eigenvalue weighted by atomic mass is 32.1. The van der Waals surface area contributed by atoms with Crippen molar-refractivity contribution in [3.63, 3.8) is 0 Å². The zero-order valence-corrected chi connectivity index (χ0v) is 11.3. The van der Waals surface area contributed by atoms with Crippen molar-refractivity contribution in [2.45, 2.75) is 0 Å². The number of thiophene rings is 1. The molecule has 0 aliphatic carbocycles. The number of fused-ring (bicyclic) bond motifs is 1. The van der Waals surface area contributed by atoms with E-state index in [9.17, 15) is 0 Å². The Bertz CT molecular complexity index is 864. The van der Waals surface area contributed by atoms with E-state index in [4.69, 9.17) is 0 Å². The summed E-state index contributed by atoms with van der Waals surface area (Å²) in [6, 6.07) is 12.3. The number of rotatable bonds is 2. The predicted octanol–water partition coefficient (Wildman–Crippen LogP) is 3.75. The number of nitrogens with one attached hydrogen (secondary N) is 1. The van der Waals surface area contributed by atoms with Crippen LogP contribution >= 0.6 is 11.3 Å². The maximum absolute atomic E-state index is 4.44. The highest BCUT2D eigenvalue weighted by Gasteiger charge is 2.08. The van der Waals surface area contributed by atoms with Crippen LogP contribution in [0, 0.1) is 0 Å². The van der Waals surface area contributed by atoms with Crippen LogP contribution in [0.2, 0.25) is 0 Å². The largest absolute Gasteiger partial charge is 0.278 e. The second-order valence-electron chi connectivity index (χ2n) is 4.41. The van der Waals surface area contributed by atoms with Gasteiger partial charge in [0.15, 0.2) is 0 Å².